The van der Waals surface area contributed by atoms with Crippen molar-refractivity contribution in [1.82, 2.24) is 0 Å². The molecule has 0 aliphatic rings. The fourth-order valence-corrected chi connectivity index (χ4v) is 2.12. The normalized spacial score (nSPS) is 11.2. The minimum Gasteiger partial charge on any atom is -0.399 e. The van der Waals surface area contributed by atoms with Crippen molar-refractivity contribution in [3.05, 3.63) is 59.7 Å². The van der Waals surface area contributed by atoms with Crippen molar-refractivity contribution >= 4 is 17.3 Å². The molecule has 0 aliphatic heterocycles. The van der Waals surface area contributed by atoms with Crippen molar-refractivity contribution in [1.29, 1.82) is 0 Å². The van der Waals surface area contributed by atoms with E-state index in [1.165, 1.54) is 0 Å². The second kappa shape index (κ2) is 5.37. The summed E-state index contributed by atoms with van der Waals surface area (Å²) in [5.74, 6) is -0.144. The van der Waals surface area contributed by atoms with Crippen LogP contribution in [0.25, 0.3) is 0 Å². The van der Waals surface area contributed by atoms with E-state index in [4.69, 9.17) is 5.73 Å². The Kier molecular flexibility index (Phi) is 3.79. The number of carbonyl (C=O) groups excluding carboxylic acids is 1. The zero-order valence-electron chi connectivity index (χ0n) is 12.1. The number of benzene rings is 2. The topological polar surface area (TPSA) is 55.1 Å². The Labute approximate surface area is 119 Å². The molecule has 0 unspecified atom stereocenters. The van der Waals surface area contributed by atoms with Gasteiger partial charge >= 0.3 is 0 Å². The highest BCUT2D eigenvalue weighted by atomic mass is 16.1. The second-order valence-corrected chi connectivity index (χ2v) is 5.88. The quantitative estimate of drug-likeness (QED) is 0.813. The van der Waals surface area contributed by atoms with Crippen LogP contribution in [0.1, 0.15) is 36.7 Å². The van der Waals surface area contributed by atoms with E-state index in [1.807, 2.05) is 24.3 Å². The molecule has 0 atom stereocenters. The minimum absolute atomic E-state index is 0.0282. The van der Waals surface area contributed by atoms with E-state index in [9.17, 15) is 4.79 Å². The van der Waals surface area contributed by atoms with Crippen LogP contribution in [0, 0.1) is 0 Å². The number of nitrogen functional groups attached to an aromatic ring is 1. The average molecular weight is 268 g/mol. The molecule has 104 valence electrons. The second-order valence-electron chi connectivity index (χ2n) is 5.88. The van der Waals surface area contributed by atoms with Gasteiger partial charge in [-0.1, -0.05) is 45.0 Å². The van der Waals surface area contributed by atoms with E-state index >= 15 is 0 Å². The summed E-state index contributed by atoms with van der Waals surface area (Å²) in [5.41, 5.74) is 8.78. The Morgan fingerprint density at radius 3 is 2.40 bits per heavy atom. The average Bonchev–Trinajstić information content (AvgIpc) is 2.38. The van der Waals surface area contributed by atoms with E-state index in [0.29, 0.717) is 11.3 Å². The van der Waals surface area contributed by atoms with E-state index in [2.05, 4.69) is 26.1 Å². The highest BCUT2D eigenvalue weighted by Gasteiger charge is 2.18. The van der Waals surface area contributed by atoms with Crippen LogP contribution in [0.3, 0.4) is 0 Å². The van der Waals surface area contributed by atoms with Gasteiger partial charge in [-0.25, -0.2) is 0 Å². The van der Waals surface area contributed by atoms with Gasteiger partial charge in [0.2, 0.25) is 0 Å². The summed E-state index contributed by atoms with van der Waals surface area (Å²) in [7, 11) is 0. The van der Waals surface area contributed by atoms with E-state index in [1.54, 1.807) is 24.3 Å². The molecule has 20 heavy (non-hydrogen) atoms. The Bertz CT molecular complexity index is 627. The summed E-state index contributed by atoms with van der Waals surface area (Å²) >= 11 is 0. The highest BCUT2D eigenvalue weighted by molar-refractivity contribution is 6.05. The van der Waals surface area contributed by atoms with Crippen molar-refractivity contribution in [3.8, 4) is 0 Å². The highest BCUT2D eigenvalue weighted by Crippen LogP contribution is 2.29. The first-order valence-corrected chi connectivity index (χ1v) is 6.64. The smallest absolute Gasteiger partial charge is 0.255 e. The third kappa shape index (κ3) is 3.18. The lowest BCUT2D eigenvalue weighted by Crippen LogP contribution is -2.18. The molecule has 0 bridgehead atoms. The molecule has 0 aromatic heterocycles. The van der Waals surface area contributed by atoms with E-state index in [-0.39, 0.29) is 11.3 Å². The minimum atomic E-state index is -0.144. The molecule has 0 spiro atoms. The first-order valence-electron chi connectivity index (χ1n) is 6.64. The first-order chi connectivity index (χ1) is 9.38. The predicted octanol–water partition coefficient (Wildman–Crippen LogP) is 3.82. The number of rotatable bonds is 2. The van der Waals surface area contributed by atoms with Crippen molar-refractivity contribution in [2.24, 2.45) is 0 Å². The van der Waals surface area contributed by atoms with Crippen molar-refractivity contribution in [2.75, 3.05) is 11.1 Å². The molecular formula is C17H20N2O. The van der Waals surface area contributed by atoms with Crippen LogP contribution in [0.4, 0.5) is 11.4 Å². The molecule has 3 nitrogen and oxygen atoms in total. The van der Waals surface area contributed by atoms with Gasteiger partial charge < -0.3 is 11.1 Å². The summed E-state index contributed by atoms with van der Waals surface area (Å²) < 4.78 is 0. The van der Waals surface area contributed by atoms with Gasteiger partial charge in [-0.05, 0) is 35.2 Å². The summed E-state index contributed by atoms with van der Waals surface area (Å²) in [5, 5.41) is 2.97. The molecule has 1 amide bonds. The molecule has 2 rings (SSSR count). The molecule has 0 radical (unpaired) electrons. The van der Waals surface area contributed by atoms with Gasteiger partial charge in [0.15, 0.2) is 0 Å². The number of para-hydroxylation sites is 1. The summed E-state index contributed by atoms with van der Waals surface area (Å²) in [6.45, 7) is 6.37. The molecule has 0 saturated carbocycles. The number of anilines is 2. The number of carbonyl (C=O) groups is 1. The van der Waals surface area contributed by atoms with Crippen LogP contribution in [-0.2, 0) is 5.41 Å². The summed E-state index contributed by atoms with van der Waals surface area (Å²) in [6, 6.07) is 14.8. The summed E-state index contributed by atoms with van der Waals surface area (Å²) in [4.78, 5) is 12.3. The van der Waals surface area contributed by atoms with Crippen LogP contribution >= 0.6 is 0 Å². The first kappa shape index (κ1) is 14.1. The number of nitrogens with one attached hydrogen (secondary N) is 1. The Morgan fingerprint density at radius 1 is 1.05 bits per heavy atom. The number of hydrogen-bond acceptors (Lipinski definition) is 2. The maximum atomic E-state index is 12.3. The number of hydrogen-bond donors (Lipinski definition) is 2. The van der Waals surface area contributed by atoms with Gasteiger partial charge in [-0.15, -0.1) is 0 Å². The van der Waals surface area contributed by atoms with Crippen LogP contribution in [0.5, 0.6) is 0 Å². The molecule has 2 aromatic carbocycles. The van der Waals surface area contributed by atoms with E-state index < -0.39 is 0 Å². The molecule has 3 heteroatoms. The van der Waals surface area contributed by atoms with Crippen molar-refractivity contribution < 1.29 is 4.79 Å². The third-order valence-electron chi connectivity index (χ3n) is 3.13. The van der Waals surface area contributed by atoms with Gasteiger partial charge in [0, 0.05) is 16.9 Å². The zero-order valence-corrected chi connectivity index (χ0v) is 12.1. The number of nitrogens with two attached hydrogens (primary N) is 1. The molecule has 0 aliphatic carbocycles. The van der Waals surface area contributed by atoms with Crippen LogP contribution in [0.15, 0.2) is 48.5 Å². The molecule has 3 N–H and O–H groups in total. The SMILES string of the molecule is CC(C)(C)c1ccccc1NC(=O)c1cccc(N)c1. The van der Waals surface area contributed by atoms with Crippen LogP contribution in [-0.4, -0.2) is 5.91 Å². The van der Waals surface area contributed by atoms with Crippen molar-refractivity contribution in [2.45, 2.75) is 26.2 Å². The molecule has 0 heterocycles. The van der Waals surface area contributed by atoms with Gasteiger partial charge in [0.25, 0.3) is 5.91 Å². The van der Waals surface area contributed by atoms with Crippen molar-refractivity contribution in [3.63, 3.8) is 0 Å². The third-order valence-corrected chi connectivity index (χ3v) is 3.13. The fourth-order valence-electron chi connectivity index (χ4n) is 2.12. The number of amides is 1. The van der Waals surface area contributed by atoms with Crippen LogP contribution < -0.4 is 11.1 Å². The Balaban J connectivity index is 2.29. The van der Waals surface area contributed by atoms with Crippen LogP contribution in [0.2, 0.25) is 0 Å². The lowest BCUT2D eigenvalue weighted by Gasteiger charge is -2.23. The molecular weight excluding hydrogens is 248 g/mol. The maximum absolute atomic E-state index is 12.3. The van der Waals surface area contributed by atoms with Gasteiger partial charge in [-0.2, -0.15) is 0 Å². The summed E-state index contributed by atoms with van der Waals surface area (Å²) in [6.07, 6.45) is 0. The molecule has 2 aromatic rings. The van der Waals surface area contributed by atoms with E-state index in [0.717, 1.165) is 11.3 Å². The lowest BCUT2D eigenvalue weighted by molar-refractivity contribution is 0.102. The predicted molar refractivity (Wildman–Crippen MR) is 83.9 cm³/mol. The largest absolute Gasteiger partial charge is 0.399 e. The molecule has 0 saturated heterocycles. The molecule has 0 fully saturated rings. The Hall–Kier alpha value is -2.29. The monoisotopic (exact) mass is 268 g/mol. The fraction of sp³-hybridized carbons (Fsp3) is 0.235. The van der Waals surface area contributed by atoms with Gasteiger partial charge in [0.05, 0.1) is 0 Å². The standard InChI is InChI=1S/C17H20N2O/c1-17(2,3)14-9-4-5-10-15(14)19-16(20)12-7-6-8-13(18)11-12/h4-11H,18H2,1-3H3,(H,19,20). The Morgan fingerprint density at radius 2 is 1.75 bits per heavy atom. The van der Waals surface area contributed by atoms with Gasteiger partial charge in [0.1, 0.15) is 0 Å². The van der Waals surface area contributed by atoms with Gasteiger partial charge in [-0.3, -0.25) is 4.79 Å². The zero-order chi connectivity index (χ0) is 14.8. The maximum Gasteiger partial charge on any atom is 0.255 e. The lowest BCUT2D eigenvalue weighted by atomic mass is 9.86.